The molecule has 9 heteroatoms. The average Bonchev–Trinajstić information content (AvgIpc) is 3.16. The zero-order chi connectivity index (χ0) is 22.5. The lowest BCUT2D eigenvalue weighted by Gasteiger charge is -2.21. The summed E-state index contributed by atoms with van der Waals surface area (Å²) in [5.74, 6) is 0.248. The van der Waals surface area contributed by atoms with E-state index in [0.717, 1.165) is 18.4 Å². The van der Waals surface area contributed by atoms with Crippen LogP contribution >= 0.6 is 0 Å². The van der Waals surface area contributed by atoms with Crippen LogP contribution < -0.4 is 11.5 Å². The number of nitrogen functional groups attached to an aromatic ring is 1. The molecule has 0 unspecified atom stereocenters. The molecule has 9 nitrogen and oxygen atoms in total. The molecule has 0 fully saturated rings. The van der Waals surface area contributed by atoms with Gasteiger partial charge in [-0.25, -0.2) is 14.5 Å². The Labute approximate surface area is 186 Å². The smallest absolute Gasteiger partial charge is 0.272 e. The van der Waals surface area contributed by atoms with Crippen molar-refractivity contribution >= 4 is 17.4 Å². The van der Waals surface area contributed by atoms with Crippen molar-refractivity contribution in [2.24, 2.45) is 5.73 Å². The monoisotopic (exact) mass is 430 g/mol. The first-order chi connectivity index (χ1) is 15.6. The first-order valence-corrected chi connectivity index (χ1v) is 10.6. The van der Waals surface area contributed by atoms with E-state index < -0.39 is 0 Å². The van der Waals surface area contributed by atoms with Gasteiger partial charge in [0.05, 0.1) is 17.0 Å². The molecule has 4 aromatic heterocycles. The topological polar surface area (TPSA) is 128 Å². The lowest BCUT2D eigenvalue weighted by molar-refractivity contribution is 0.0749. The van der Waals surface area contributed by atoms with Gasteiger partial charge in [0.25, 0.3) is 5.91 Å². The van der Waals surface area contributed by atoms with Crippen LogP contribution in [0, 0.1) is 0 Å². The fourth-order valence-electron chi connectivity index (χ4n) is 3.58. The predicted octanol–water partition coefficient (Wildman–Crippen LogP) is 2.64. The Bertz CT molecular complexity index is 1220. The molecule has 0 saturated heterocycles. The van der Waals surface area contributed by atoms with Crippen LogP contribution in [0.2, 0.25) is 0 Å². The van der Waals surface area contributed by atoms with Crippen LogP contribution in [0.5, 0.6) is 0 Å². The molecule has 0 aromatic carbocycles. The molecule has 4 heterocycles. The fraction of sp³-hybridized carbons (Fsp3) is 0.261. The maximum atomic E-state index is 13.0. The van der Waals surface area contributed by atoms with E-state index >= 15 is 0 Å². The number of nitrogens with zero attached hydrogens (tertiary/aromatic N) is 6. The molecule has 164 valence electrons. The number of carbonyl (C=O) groups excluding carboxylic acids is 1. The van der Waals surface area contributed by atoms with Crippen molar-refractivity contribution in [1.29, 1.82) is 0 Å². The van der Waals surface area contributed by atoms with Crippen molar-refractivity contribution < 1.29 is 4.79 Å². The Kier molecular flexibility index (Phi) is 6.37. The summed E-state index contributed by atoms with van der Waals surface area (Å²) in [4.78, 5) is 28.3. The Morgan fingerprint density at radius 2 is 1.94 bits per heavy atom. The number of nitrogens with two attached hydrogens (primary N) is 2. The highest BCUT2D eigenvalue weighted by atomic mass is 16.2. The van der Waals surface area contributed by atoms with Gasteiger partial charge in [-0.05, 0) is 43.7 Å². The summed E-state index contributed by atoms with van der Waals surface area (Å²) in [6.07, 6.45) is 6.84. The number of carbonyl (C=O) groups is 1. The molecule has 0 atom stereocenters. The van der Waals surface area contributed by atoms with Crippen molar-refractivity contribution in [3.05, 3.63) is 60.7 Å². The highest BCUT2D eigenvalue weighted by Gasteiger charge is 2.18. The number of hydrogen-bond acceptors (Lipinski definition) is 7. The van der Waals surface area contributed by atoms with Crippen molar-refractivity contribution in [2.75, 3.05) is 25.4 Å². The van der Waals surface area contributed by atoms with Gasteiger partial charge in [-0.2, -0.15) is 0 Å². The number of anilines is 1. The summed E-state index contributed by atoms with van der Waals surface area (Å²) in [6.45, 7) is 3.87. The third kappa shape index (κ3) is 4.28. The largest absolute Gasteiger partial charge is 0.382 e. The highest BCUT2D eigenvalue weighted by Crippen LogP contribution is 2.28. The van der Waals surface area contributed by atoms with Crippen LogP contribution in [0.4, 0.5) is 5.82 Å². The van der Waals surface area contributed by atoms with E-state index in [2.05, 4.69) is 20.1 Å². The van der Waals surface area contributed by atoms with Gasteiger partial charge in [0, 0.05) is 37.2 Å². The molecule has 0 spiro atoms. The number of pyridine rings is 2. The van der Waals surface area contributed by atoms with E-state index in [1.54, 1.807) is 34.1 Å². The number of rotatable bonds is 8. The summed E-state index contributed by atoms with van der Waals surface area (Å²) < 4.78 is 1.62. The Morgan fingerprint density at radius 1 is 1.09 bits per heavy atom. The van der Waals surface area contributed by atoms with Crippen molar-refractivity contribution in [1.82, 2.24) is 29.5 Å². The number of fused-ring (bicyclic) bond motifs is 1. The van der Waals surface area contributed by atoms with Gasteiger partial charge < -0.3 is 16.4 Å². The molecule has 1 amide bonds. The van der Waals surface area contributed by atoms with E-state index in [9.17, 15) is 4.79 Å². The molecule has 0 radical (unpaired) electrons. The van der Waals surface area contributed by atoms with Crippen LogP contribution in [-0.2, 0) is 0 Å². The summed E-state index contributed by atoms with van der Waals surface area (Å²) >= 11 is 0. The van der Waals surface area contributed by atoms with E-state index in [0.29, 0.717) is 53.7 Å². The lowest BCUT2D eigenvalue weighted by atomic mass is 10.2. The minimum Gasteiger partial charge on any atom is -0.382 e. The molecule has 0 saturated carbocycles. The molecule has 4 N–H and O–H groups in total. The fourth-order valence-corrected chi connectivity index (χ4v) is 3.58. The molecular weight excluding hydrogens is 404 g/mol. The van der Waals surface area contributed by atoms with Crippen LogP contribution in [0.3, 0.4) is 0 Å². The number of aromatic nitrogens is 5. The van der Waals surface area contributed by atoms with Crippen molar-refractivity contribution in [3.63, 3.8) is 0 Å². The summed E-state index contributed by atoms with van der Waals surface area (Å²) in [5, 5.41) is 4.40. The first kappa shape index (κ1) is 21.4. The molecule has 0 aliphatic heterocycles. The second-order valence-electron chi connectivity index (χ2n) is 7.43. The van der Waals surface area contributed by atoms with Gasteiger partial charge >= 0.3 is 0 Å². The molecule has 4 aromatic rings. The molecule has 0 aliphatic rings. The average molecular weight is 431 g/mol. The van der Waals surface area contributed by atoms with Gasteiger partial charge in [0.1, 0.15) is 5.69 Å². The maximum absolute atomic E-state index is 13.0. The van der Waals surface area contributed by atoms with Crippen LogP contribution in [-0.4, -0.2) is 55.0 Å². The standard InChI is InChI=1S/C23H26N8O/c1-2-12-30(13-6-10-24)23(32)19-9-5-8-17(28-19)16-14-27-22-20(18-7-3-4-11-26-18)21(25)29-31(22)15-16/h3-5,7-9,11,14-15H,2,6,10,12-13,24H2,1H3,(H2,25,29). The Hall–Kier alpha value is -3.85. The van der Waals surface area contributed by atoms with Gasteiger partial charge in [0.2, 0.25) is 0 Å². The summed E-state index contributed by atoms with van der Waals surface area (Å²) in [5.41, 5.74) is 15.5. The second-order valence-corrected chi connectivity index (χ2v) is 7.43. The van der Waals surface area contributed by atoms with Gasteiger partial charge in [0.15, 0.2) is 11.5 Å². The molecule has 32 heavy (non-hydrogen) atoms. The number of hydrogen-bond donors (Lipinski definition) is 2. The first-order valence-electron chi connectivity index (χ1n) is 10.6. The third-order valence-corrected chi connectivity index (χ3v) is 5.10. The van der Waals surface area contributed by atoms with Crippen LogP contribution in [0.1, 0.15) is 30.3 Å². The van der Waals surface area contributed by atoms with Crippen molar-refractivity contribution in [2.45, 2.75) is 19.8 Å². The molecule has 4 rings (SSSR count). The molecule has 0 bridgehead atoms. The quantitative estimate of drug-likeness (QED) is 0.440. The zero-order valence-electron chi connectivity index (χ0n) is 18.0. The third-order valence-electron chi connectivity index (χ3n) is 5.10. The summed E-state index contributed by atoms with van der Waals surface area (Å²) in [7, 11) is 0. The van der Waals surface area contributed by atoms with E-state index in [1.165, 1.54) is 0 Å². The van der Waals surface area contributed by atoms with Crippen molar-refractivity contribution in [3.8, 4) is 22.5 Å². The lowest BCUT2D eigenvalue weighted by Crippen LogP contribution is -2.34. The maximum Gasteiger partial charge on any atom is 0.272 e. The SMILES string of the molecule is CCCN(CCCN)C(=O)c1cccc(-c2cnc3c(-c4ccccn4)c(N)nn3c2)n1. The van der Waals surface area contributed by atoms with E-state index in [1.807, 2.05) is 37.3 Å². The van der Waals surface area contributed by atoms with Gasteiger partial charge in [-0.1, -0.05) is 19.1 Å². The highest BCUT2D eigenvalue weighted by molar-refractivity contribution is 5.93. The van der Waals surface area contributed by atoms with Gasteiger partial charge in [-0.3, -0.25) is 9.78 Å². The van der Waals surface area contributed by atoms with Crippen LogP contribution in [0.25, 0.3) is 28.2 Å². The minimum absolute atomic E-state index is 0.100. The normalized spacial score (nSPS) is 11.1. The Balaban J connectivity index is 1.67. The molecule has 0 aliphatic carbocycles. The predicted molar refractivity (Wildman–Crippen MR) is 124 cm³/mol. The zero-order valence-corrected chi connectivity index (χ0v) is 18.0. The van der Waals surface area contributed by atoms with Crippen LogP contribution in [0.15, 0.2) is 55.0 Å². The van der Waals surface area contributed by atoms with E-state index in [-0.39, 0.29) is 5.91 Å². The summed E-state index contributed by atoms with van der Waals surface area (Å²) in [6, 6.07) is 11.0. The van der Waals surface area contributed by atoms with Gasteiger partial charge in [-0.15, -0.1) is 5.10 Å². The number of amides is 1. The Morgan fingerprint density at radius 3 is 2.69 bits per heavy atom. The minimum atomic E-state index is -0.100. The second kappa shape index (κ2) is 9.52. The van der Waals surface area contributed by atoms with E-state index in [4.69, 9.17) is 11.5 Å². The molecular formula is C23H26N8O.